The second-order valence-corrected chi connectivity index (χ2v) is 4.09. The van der Waals surface area contributed by atoms with E-state index < -0.39 is 5.97 Å². The molecule has 1 N–H and O–H groups in total. The molecular weight excluding hydrogens is 208 g/mol. The molecule has 5 heteroatoms. The number of hydrogen-bond donors (Lipinski definition) is 1. The van der Waals surface area contributed by atoms with Gasteiger partial charge < -0.3 is 9.84 Å². The second-order valence-electron chi connectivity index (χ2n) is 4.09. The largest absolute Gasteiger partial charge is 0.481 e. The number of rotatable bonds is 4. The fourth-order valence-electron chi connectivity index (χ4n) is 1.89. The molecule has 0 spiro atoms. The van der Waals surface area contributed by atoms with Crippen LogP contribution in [0, 0.1) is 0 Å². The Balaban J connectivity index is 1.93. The average Bonchev–Trinajstić information content (AvgIpc) is 2.76. The number of nitrogens with zero attached hydrogens (tertiary/aromatic N) is 2. The van der Waals surface area contributed by atoms with Crippen molar-refractivity contribution in [2.75, 3.05) is 13.2 Å². The maximum absolute atomic E-state index is 10.4. The molecule has 1 aliphatic heterocycles. The van der Waals surface area contributed by atoms with Crippen LogP contribution in [0.1, 0.15) is 30.9 Å². The third kappa shape index (κ3) is 2.82. The van der Waals surface area contributed by atoms with Crippen molar-refractivity contribution >= 4 is 5.97 Å². The molecule has 0 radical (unpaired) electrons. The SMILES string of the molecule is O=C(O)CCc1cnn(C2CCCOC2)c1. The van der Waals surface area contributed by atoms with Gasteiger partial charge in [0.25, 0.3) is 0 Å². The van der Waals surface area contributed by atoms with Crippen molar-refractivity contribution in [2.45, 2.75) is 31.7 Å². The van der Waals surface area contributed by atoms with Crippen LogP contribution in [0.15, 0.2) is 12.4 Å². The number of carboxylic acid groups (broad SMARTS) is 1. The van der Waals surface area contributed by atoms with Gasteiger partial charge in [0.05, 0.1) is 18.8 Å². The van der Waals surface area contributed by atoms with Crippen molar-refractivity contribution in [2.24, 2.45) is 0 Å². The zero-order valence-corrected chi connectivity index (χ0v) is 9.13. The Morgan fingerprint density at radius 1 is 1.69 bits per heavy atom. The number of aliphatic carboxylic acids is 1. The summed E-state index contributed by atoms with van der Waals surface area (Å²) in [4.78, 5) is 10.4. The van der Waals surface area contributed by atoms with E-state index in [1.807, 2.05) is 10.9 Å². The molecule has 0 amide bonds. The van der Waals surface area contributed by atoms with Crippen molar-refractivity contribution in [3.63, 3.8) is 0 Å². The Labute approximate surface area is 94.0 Å². The fraction of sp³-hybridized carbons (Fsp3) is 0.636. The minimum Gasteiger partial charge on any atom is -0.481 e. The van der Waals surface area contributed by atoms with Crippen LogP contribution in [0.4, 0.5) is 0 Å². The third-order valence-corrected chi connectivity index (χ3v) is 2.79. The average molecular weight is 224 g/mol. The van der Waals surface area contributed by atoms with Crippen LogP contribution in [-0.2, 0) is 16.0 Å². The van der Waals surface area contributed by atoms with Crippen LogP contribution in [0.5, 0.6) is 0 Å². The van der Waals surface area contributed by atoms with Crippen molar-refractivity contribution < 1.29 is 14.6 Å². The van der Waals surface area contributed by atoms with Crippen LogP contribution in [0.25, 0.3) is 0 Å². The summed E-state index contributed by atoms with van der Waals surface area (Å²) < 4.78 is 7.29. The summed E-state index contributed by atoms with van der Waals surface area (Å²) >= 11 is 0. The number of hydrogen-bond acceptors (Lipinski definition) is 3. The zero-order valence-electron chi connectivity index (χ0n) is 9.13. The van der Waals surface area contributed by atoms with Crippen molar-refractivity contribution in [3.05, 3.63) is 18.0 Å². The molecule has 1 unspecified atom stereocenters. The van der Waals surface area contributed by atoms with Crippen molar-refractivity contribution in [1.29, 1.82) is 0 Å². The molecule has 1 saturated heterocycles. The van der Waals surface area contributed by atoms with Crippen LogP contribution >= 0.6 is 0 Å². The highest BCUT2D eigenvalue weighted by Gasteiger charge is 2.16. The Hall–Kier alpha value is -1.36. The minimum absolute atomic E-state index is 0.160. The number of aromatic nitrogens is 2. The van der Waals surface area contributed by atoms with E-state index in [1.54, 1.807) is 6.20 Å². The lowest BCUT2D eigenvalue weighted by Crippen LogP contribution is -2.21. The van der Waals surface area contributed by atoms with Gasteiger partial charge in [0.1, 0.15) is 0 Å². The van der Waals surface area contributed by atoms with E-state index in [0.717, 1.165) is 25.0 Å². The van der Waals surface area contributed by atoms with Gasteiger partial charge in [-0.2, -0.15) is 5.10 Å². The van der Waals surface area contributed by atoms with Gasteiger partial charge in [-0.3, -0.25) is 9.48 Å². The highest BCUT2D eigenvalue weighted by Crippen LogP contribution is 2.19. The molecule has 0 saturated carbocycles. The van der Waals surface area contributed by atoms with Gasteiger partial charge in [-0.25, -0.2) is 0 Å². The monoisotopic (exact) mass is 224 g/mol. The first-order valence-corrected chi connectivity index (χ1v) is 5.58. The third-order valence-electron chi connectivity index (χ3n) is 2.79. The summed E-state index contributed by atoms with van der Waals surface area (Å²) in [5, 5.41) is 12.8. The van der Waals surface area contributed by atoms with Gasteiger partial charge in [0, 0.05) is 19.2 Å². The molecule has 0 bridgehead atoms. The van der Waals surface area contributed by atoms with E-state index in [-0.39, 0.29) is 6.42 Å². The van der Waals surface area contributed by atoms with Gasteiger partial charge in [-0.1, -0.05) is 0 Å². The quantitative estimate of drug-likeness (QED) is 0.836. The maximum Gasteiger partial charge on any atom is 0.303 e. The molecule has 1 aromatic rings. The first-order chi connectivity index (χ1) is 7.75. The number of carbonyl (C=O) groups is 1. The van der Waals surface area contributed by atoms with Crippen molar-refractivity contribution in [1.82, 2.24) is 9.78 Å². The Bertz CT molecular complexity index is 356. The van der Waals surface area contributed by atoms with Gasteiger partial charge in [0.2, 0.25) is 0 Å². The molecular formula is C11H16N2O3. The summed E-state index contributed by atoms with van der Waals surface area (Å²) in [5.74, 6) is -0.770. The number of aryl methyl sites for hydroxylation is 1. The highest BCUT2D eigenvalue weighted by molar-refractivity contribution is 5.67. The number of ether oxygens (including phenoxy) is 1. The molecule has 16 heavy (non-hydrogen) atoms. The molecule has 5 nitrogen and oxygen atoms in total. The molecule has 1 atom stereocenters. The summed E-state index contributed by atoms with van der Waals surface area (Å²) in [6.07, 6.45) is 6.53. The fourth-order valence-corrected chi connectivity index (χ4v) is 1.89. The van der Waals surface area contributed by atoms with E-state index >= 15 is 0 Å². The van der Waals surface area contributed by atoms with E-state index in [0.29, 0.717) is 19.1 Å². The molecule has 1 aromatic heterocycles. The molecule has 1 aliphatic rings. The lowest BCUT2D eigenvalue weighted by atomic mass is 10.1. The number of carboxylic acids is 1. The van der Waals surface area contributed by atoms with E-state index in [4.69, 9.17) is 9.84 Å². The maximum atomic E-state index is 10.4. The van der Waals surface area contributed by atoms with Gasteiger partial charge in [-0.15, -0.1) is 0 Å². The molecule has 1 fully saturated rings. The van der Waals surface area contributed by atoms with Crippen LogP contribution in [0.2, 0.25) is 0 Å². The van der Waals surface area contributed by atoms with Crippen LogP contribution in [-0.4, -0.2) is 34.1 Å². The lowest BCUT2D eigenvalue weighted by Gasteiger charge is -2.22. The predicted octanol–water partition coefficient (Wildman–Crippen LogP) is 1.25. The van der Waals surface area contributed by atoms with E-state index in [1.165, 1.54) is 0 Å². The predicted molar refractivity (Wildman–Crippen MR) is 57.3 cm³/mol. The van der Waals surface area contributed by atoms with E-state index in [2.05, 4.69) is 5.10 Å². The Morgan fingerprint density at radius 2 is 2.56 bits per heavy atom. The van der Waals surface area contributed by atoms with Crippen molar-refractivity contribution in [3.8, 4) is 0 Å². The molecule has 2 rings (SSSR count). The first-order valence-electron chi connectivity index (χ1n) is 5.58. The summed E-state index contributed by atoms with van der Waals surface area (Å²) in [6.45, 7) is 1.55. The smallest absolute Gasteiger partial charge is 0.303 e. The van der Waals surface area contributed by atoms with Gasteiger partial charge in [0.15, 0.2) is 0 Å². The standard InChI is InChI=1S/C11H16N2O3/c14-11(15)4-3-9-6-12-13(7-9)10-2-1-5-16-8-10/h6-7,10H,1-5,8H2,(H,14,15). The van der Waals surface area contributed by atoms with Crippen LogP contribution < -0.4 is 0 Å². The first kappa shape index (κ1) is 11.1. The van der Waals surface area contributed by atoms with Crippen LogP contribution in [0.3, 0.4) is 0 Å². The molecule has 88 valence electrons. The normalized spacial score (nSPS) is 20.9. The lowest BCUT2D eigenvalue weighted by molar-refractivity contribution is -0.136. The zero-order chi connectivity index (χ0) is 11.4. The molecule has 2 heterocycles. The summed E-state index contributed by atoms with van der Waals surface area (Å²) in [7, 11) is 0. The van der Waals surface area contributed by atoms with Gasteiger partial charge in [-0.05, 0) is 24.8 Å². The Morgan fingerprint density at radius 3 is 3.25 bits per heavy atom. The van der Waals surface area contributed by atoms with E-state index in [9.17, 15) is 4.79 Å². The highest BCUT2D eigenvalue weighted by atomic mass is 16.5. The molecule has 0 aromatic carbocycles. The summed E-state index contributed by atoms with van der Waals surface area (Å²) in [6, 6.07) is 0.312. The molecule has 0 aliphatic carbocycles. The topological polar surface area (TPSA) is 64.3 Å². The second kappa shape index (κ2) is 5.12. The summed E-state index contributed by atoms with van der Waals surface area (Å²) in [5.41, 5.74) is 0.980. The minimum atomic E-state index is -0.770. The Kier molecular flexibility index (Phi) is 3.56. The van der Waals surface area contributed by atoms with Gasteiger partial charge >= 0.3 is 5.97 Å².